The lowest BCUT2D eigenvalue weighted by molar-refractivity contribution is -0.147. The van der Waals surface area contributed by atoms with Gasteiger partial charge < -0.3 is 15.2 Å². The van der Waals surface area contributed by atoms with E-state index >= 15 is 0 Å². The minimum atomic E-state index is -1.03. The lowest BCUT2D eigenvalue weighted by Gasteiger charge is -2.15. The maximum absolute atomic E-state index is 12.6. The molecule has 0 aromatic heterocycles. The Kier molecular flexibility index (Phi) is 35.2. The molecule has 48 heavy (non-hydrogen) atoms. The monoisotopic (exact) mass is 672 g/mol. The van der Waals surface area contributed by atoms with Gasteiger partial charge in [-0.1, -0.05) is 140 Å². The van der Waals surface area contributed by atoms with E-state index in [1.165, 1.54) is 89.9 Å². The van der Waals surface area contributed by atoms with Crippen LogP contribution < -0.4 is 5.32 Å². The summed E-state index contributed by atoms with van der Waals surface area (Å²) in [6, 6.07) is 0. The van der Waals surface area contributed by atoms with Gasteiger partial charge in [0.05, 0.1) is 0 Å². The number of hydrogen-bond acceptors (Lipinski definition) is 4. The highest BCUT2D eigenvalue weighted by molar-refractivity contribution is 5.80. The number of carboxylic acids is 1. The Morgan fingerprint density at radius 1 is 0.562 bits per heavy atom. The van der Waals surface area contributed by atoms with Gasteiger partial charge in [-0.05, 0) is 83.1 Å². The van der Waals surface area contributed by atoms with Crippen LogP contribution in [0.1, 0.15) is 187 Å². The minimum absolute atomic E-state index is 0.0958. The molecule has 1 unspecified atom stereocenters. The molecule has 0 rings (SSSR count). The lowest BCUT2D eigenvalue weighted by Crippen LogP contribution is -2.28. The first-order valence-electron chi connectivity index (χ1n) is 19.8. The molecule has 2 N–H and O–H groups in total. The van der Waals surface area contributed by atoms with Gasteiger partial charge in [0, 0.05) is 12.8 Å². The summed E-state index contributed by atoms with van der Waals surface area (Å²) < 4.78 is 5.89. The fourth-order valence-electron chi connectivity index (χ4n) is 5.49. The third-order valence-electron chi connectivity index (χ3n) is 8.46. The van der Waals surface area contributed by atoms with E-state index in [1.807, 2.05) is 0 Å². The standard InChI is InChI=1S/C42H73NO5/c1-3-5-7-9-11-13-14-15-16-17-18-19-20-21-22-23-25-27-33-37-42(47)48-39(34-30-26-24-12-10-8-6-4-2)35-31-28-29-32-36-40(44)43-38-41(45)46/h11,13,15-16,18-19,30,34,39H,3-10,12,14,17,20-29,31-33,35-38H2,1-2H3,(H,43,44)(H,45,46)/b13-11-,16-15-,19-18-,34-30-. The van der Waals surface area contributed by atoms with Crippen molar-refractivity contribution in [1.29, 1.82) is 0 Å². The number of rotatable bonds is 35. The summed E-state index contributed by atoms with van der Waals surface area (Å²) in [6.45, 7) is 4.15. The zero-order valence-corrected chi connectivity index (χ0v) is 31.1. The molecule has 0 aliphatic carbocycles. The Hall–Kier alpha value is -2.63. The number of ether oxygens (including phenoxy) is 1. The minimum Gasteiger partial charge on any atom is -0.480 e. The van der Waals surface area contributed by atoms with Crippen molar-refractivity contribution in [3.8, 4) is 0 Å². The zero-order valence-electron chi connectivity index (χ0n) is 31.1. The molecule has 1 atom stereocenters. The summed E-state index contributed by atoms with van der Waals surface area (Å²) >= 11 is 0. The first-order chi connectivity index (χ1) is 23.5. The van der Waals surface area contributed by atoms with Crippen molar-refractivity contribution in [2.24, 2.45) is 0 Å². The van der Waals surface area contributed by atoms with Crippen molar-refractivity contribution in [1.82, 2.24) is 5.32 Å². The van der Waals surface area contributed by atoms with Crippen LogP contribution in [0.5, 0.6) is 0 Å². The molecule has 0 bridgehead atoms. The molecule has 0 aromatic rings. The van der Waals surface area contributed by atoms with Crippen LogP contribution in [0.4, 0.5) is 0 Å². The molecular weight excluding hydrogens is 598 g/mol. The van der Waals surface area contributed by atoms with E-state index in [4.69, 9.17) is 9.84 Å². The van der Waals surface area contributed by atoms with Crippen molar-refractivity contribution in [2.75, 3.05) is 6.54 Å². The Balaban J connectivity index is 4.12. The summed E-state index contributed by atoms with van der Waals surface area (Å²) in [5, 5.41) is 11.1. The molecule has 276 valence electrons. The molecule has 0 radical (unpaired) electrons. The smallest absolute Gasteiger partial charge is 0.322 e. The predicted octanol–water partition coefficient (Wildman–Crippen LogP) is 11.9. The highest BCUT2D eigenvalue weighted by Gasteiger charge is 2.12. The Morgan fingerprint density at radius 3 is 1.62 bits per heavy atom. The van der Waals surface area contributed by atoms with E-state index < -0.39 is 5.97 Å². The highest BCUT2D eigenvalue weighted by Crippen LogP contribution is 2.15. The van der Waals surface area contributed by atoms with Gasteiger partial charge in [-0.2, -0.15) is 0 Å². The number of carboxylic acid groups (broad SMARTS) is 1. The molecule has 0 saturated carbocycles. The molecule has 6 nitrogen and oxygen atoms in total. The van der Waals surface area contributed by atoms with Crippen molar-refractivity contribution in [3.05, 3.63) is 48.6 Å². The number of carbonyl (C=O) groups excluding carboxylic acids is 2. The first kappa shape index (κ1) is 45.4. The number of nitrogens with one attached hydrogen (secondary N) is 1. The summed E-state index contributed by atoms with van der Waals surface area (Å²) in [4.78, 5) is 34.9. The molecule has 0 aliphatic heterocycles. The summed E-state index contributed by atoms with van der Waals surface area (Å²) in [5.41, 5.74) is 0. The van der Waals surface area contributed by atoms with Crippen LogP contribution >= 0.6 is 0 Å². The van der Waals surface area contributed by atoms with E-state index in [9.17, 15) is 14.4 Å². The topological polar surface area (TPSA) is 92.7 Å². The number of esters is 1. The van der Waals surface area contributed by atoms with Gasteiger partial charge in [0.15, 0.2) is 0 Å². The maximum Gasteiger partial charge on any atom is 0.322 e. The van der Waals surface area contributed by atoms with Gasteiger partial charge in [0.1, 0.15) is 12.6 Å². The van der Waals surface area contributed by atoms with Crippen LogP contribution in [0.15, 0.2) is 48.6 Å². The Bertz CT molecular complexity index is 875. The first-order valence-corrected chi connectivity index (χ1v) is 19.8. The fraction of sp³-hybridized carbons (Fsp3) is 0.738. The van der Waals surface area contributed by atoms with E-state index in [0.717, 1.165) is 70.6 Å². The quantitative estimate of drug-likeness (QED) is 0.0397. The molecule has 0 spiro atoms. The molecule has 0 aromatic carbocycles. The van der Waals surface area contributed by atoms with Crippen LogP contribution in [-0.4, -0.2) is 35.6 Å². The molecule has 0 fully saturated rings. The van der Waals surface area contributed by atoms with E-state index in [0.29, 0.717) is 12.8 Å². The van der Waals surface area contributed by atoms with E-state index in [2.05, 4.69) is 67.8 Å². The third-order valence-corrected chi connectivity index (χ3v) is 8.46. The van der Waals surface area contributed by atoms with Crippen molar-refractivity contribution >= 4 is 17.8 Å². The average Bonchev–Trinajstić information content (AvgIpc) is 3.07. The van der Waals surface area contributed by atoms with Gasteiger partial charge in [-0.3, -0.25) is 14.4 Å². The largest absolute Gasteiger partial charge is 0.480 e. The number of aliphatic carboxylic acids is 1. The second kappa shape index (κ2) is 37.2. The molecular formula is C42H73NO5. The van der Waals surface area contributed by atoms with Gasteiger partial charge in [0.25, 0.3) is 0 Å². The number of allylic oxidation sites excluding steroid dienone is 7. The van der Waals surface area contributed by atoms with Gasteiger partial charge in [-0.25, -0.2) is 0 Å². The molecule has 0 heterocycles. The summed E-state index contributed by atoms with van der Waals surface area (Å²) in [6.07, 6.45) is 46.7. The van der Waals surface area contributed by atoms with Crippen molar-refractivity contribution in [3.63, 3.8) is 0 Å². The van der Waals surface area contributed by atoms with Gasteiger partial charge in [0.2, 0.25) is 5.91 Å². The van der Waals surface area contributed by atoms with Crippen molar-refractivity contribution < 1.29 is 24.2 Å². The number of unbranched alkanes of at least 4 members (excludes halogenated alkanes) is 18. The average molecular weight is 672 g/mol. The van der Waals surface area contributed by atoms with Crippen LogP contribution in [0, 0.1) is 0 Å². The van der Waals surface area contributed by atoms with Crippen molar-refractivity contribution in [2.45, 2.75) is 193 Å². The Labute approximate surface area is 295 Å². The lowest BCUT2D eigenvalue weighted by atomic mass is 10.1. The fourth-order valence-corrected chi connectivity index (χ4v) is 5.49. The SMILES string of the molecule is CCCCC/C=C\C/C=C\C/C=C\CCCCCCCCC(=O)OC(/C=C\CCCCCCCC)CCCCCCC(=O)NCC(=O)O. The maximum atomic E-state index is 12.6. The summed E-state index contributed by atoms with van der Waals surface area (Å²) in [5.74, 6) is -1.34. The zero-order chi connectivity index (χ0) is 35.2. The van der Waals surface area contributed by atoms with Gasteiger partial charge >= 0.3 is 11.9 Å². The normalized spacial score (nSPS) is 12.5. The van der Waals surface area contributed by atoms with E-state index in [-0.39, 0.29) is 24.5 Å². The molecule has 0 saturated heterocycles. The van der Waals surface area contributed by atoms with Crippen LogP contribution in [0.2, 0.25) is 0 Å². The molecule has 6 heteroatoms. The van der Waals surface area contributed by atoms with Crippen LogP contribution in [0.3, 0.4) is 0 Å². The highest BCUT2D eigenvalue weighted by atomic mass is 16.5. The number of hydrogen-bond donors (Lipinski definition) is 2. The van der Waals surface area contributed by atoms with Crippen LogP contribution in [0.25, 0.3) is 0 Å². The molecule has 1 amide bonds. The molecule has 0 aliphatic rings. The summed E-state index contributed by atoms with van der Waals surface area (Å²) in [7, 11) is 0. The third kappa shape index (κ3) is 36.2. The second-order valence-corrected chi connectivity index (χ2v) is 13.2. The van der Waals surface area contributed by atoms with Crippen LogP contribution in [-0.2, 0) is 19.1 Å². The predicted molar refractivity (Wildman–Crippen MR) is 203 cm³/mol. The van der Waals surface area contributed by atoms with E-state index in [1.54, 1.807) is 0 Å². The Morgan fingerprint density at radius 2 is 1.02 bits per heavy atom. The second-order valence-electron chi connectivity index (χ2n) is 13.2. The number of carbonyl (C=O) groups is 3. The number of amides is 1. The van der Waals surface area contributed by atoms with Gasteiger partial charge in [-0.15, -0.1) is 0 Å².